The molecule has 0 radical (unpaired) electrons. The van der Waals surface area contributed by atoms with E-state index in [0.717, 1.165) is 25.7 Å². The summed E-state index contributed by atoms with van der Waals surface area (Å²) in [5.74, 6) is 0.631. The maximum absolute atomic E-state index is 12.3. The van der Waals surface area contributed by atoms with Crippen molar-refractivity contribution < 1.29 is 18.3 Å². The van der Waals surface area contributed by atoms with Gasteiger partial charge in [-0.05, 0) is 31.6 Å². The SMILES string of the molecule is O=S(=O)(CC1CCCO1)N1CC2CCC(O)C2C1. The van der Waals surface area contributed by atoms with Crippen LogP contribution in [0.4, 0.5) is 0 Å². The molecule has 2 heterocycles. The third kappa shape index (κ3) is 2.31. The molecule has 4 unspecified atom stereocenters. The summed E-state index contributed by atoms with van der Waals surface area (Å²) < 4.78 is 31.6. The summed E-state index contributed by atoms with van der Waals surface area (Å²) in [6.07, 6.45) is 3.16. The highest BCUT2D eigenvalue weighted by atomic mass is 32.2. The number of aliphatic hydroxyl groups excluding tert-OH is 1. The van der Waals surface area contributed by atoms with E-state index in [0.29, 0.717) is 25.6 Å². The maximum Gasteiger partial charge on any atom is 0.216 e. The number of hydrogen-bond acceptors (Lipinski definition) is 4. The van der Waals surface area contributed by atoms with Crippen LogP contribution in [0, 0.1) is 11.8 Å². The van der Waals surface area contributed by atoms with Crippen LogP contribution in [-0.2, 0) is 14.8 Å². The Hall–Kier alpha value is -0.170. The minimum absolute atomic E-state index is 0.114. The second-order valence-electron chi connectivity index (χ2n) is 5.80. The van der Waals surface area contributed by atoms with Gasteiger partial charge in [-0.25, -0.2) is 12.7 Å². The lowest BCUT2D eigenvalue weighted by Gasteiger charge is -2.20. The van der Waals surface area contributed by atoms with Crippen molar-refractivity contribution in [1.82, 2.24) is 4.31 Å². The highest BCUT2D eigenvalue weighted by molar-refractivity contribution is 7.89. The van der Waals surface area contributed by atoms with E-state index >= 15 is 0 Å². The summed E-state index contributed by atoms with van der Waals surface area (Å²) in [6, 6.07) is 0. The zero-order chi connectivity index (χ0) is 12.8. The molecule has 3 aliphatic rings. The maximum atomic E-state index is 12.3. The predicted octanol–water partition coefficient (Wildman–Crippen LogP) is 0.198. The first-order valence-electron chi connectivity index (χ1n) is 6.84. The number of sulfonamides is 1. The monoisotopic (exact) mass is 275 g/mol. The first kappa shape index (κ1) is 12.8. The first-order chi connectivity index (χ1) is 8.56. The summed E-state index contributed by atoms with van der Waals surface area (Å²) in [7, 11) is -3.21. The topological polar surface area (TPSA) is 66.8 Å². The van der Waals surface area contributed by atoms with Crippen molar-refractivity contribution in [2.45, 2.75) is 37.9 Å². The highest BCUT2D eigenvalue weighted by Crippen LogP contribution is 2.39. The Kier molecular flexibility index (Phi) is 3.38. The molecule has 2 aliphatic heterocycles. The van der Waals surface area contributed by atoms with Crippen LogP contribution < -0.4 is 0 Å². The molecule has 0 amide bonds. The van der Waals surface area contributed by atoms with Crippen LogP contribution in [0.5, 0.6) is 0 Å². The quantitative estimate of drug-likeness (QED) is 0.799. The van der Waals surface area contributed by atoms with Gasteiger partial charge < -0.3 is 9.84 Å². The lowest BCUT2D eigenvalue weighted by molar-refractivity contribution is 0.125. The van der Waals surface area contributed by atoms with Crippen LogP contribution in [0.1, 0.15) is 25.7 Å². The van der Waals surface area contributed by atoms with Gasteiger partial charge >= 0.3 is 0 Å². The van der Waals surface area contributed by atoms with Gasteiger partial charge in [0.05, 0.1) is 18.0 Å². The summed E-state index contributed by atoms with van der Waals surface area (Å²) in [4.78, 5) is 0. The Balaban J connectivity index is 1.64. The van der Waals surface area contributed by atoms with Crippen LogP contribution in [0.3, 0.4) is 0 Å². The Morgan fingerprint density at radius 2 is 2.06 bits per heavy atom. The molecule has 6 heteroatoms. The molecular weight excluding hydrogens is 254 g/mol. The highest BCUT2D eigenvalue weighted by Gasteiger charge is 2.45. The Labute approximate surface area is 108 Å². The van der Waals surface area contributed by atoms with E-state index in [9.17, 15) is 13.5 Å². The normalized spacial score (nSPS) is 41.4. The predicted molar refractivity (Wildman–Crippen MR) is 66.6 cm³/mol. The molecule has 4 atom stereocenters. The lowest BCUT2D eigenvalue weighted by Crippen LogP contribution is -2.36. The fourth-order valence-corrected chi connectivity index (χ4v) is 5.30. The zero-order valence-electron chi connectivity index (χ0n) is 10.5. The van der Waals surface area contributed by atoms with Crippen molar-refractivity contribution in [2.24, 2.45) is 11.8 Å². The largest absolute Gasteiger partial charge is 0.393 e. The summed E-state index contributed by atoms with van der Waals surface area (Å²) in [6.45, 7) is 1.78. The fraction of sp³-hybridized carbons (Fsp3) is 1.00. The molecule has 5 nitrogen and oxygen atoms in total. The van der Waals surface area contributed by atoms with E-state index < -0.39 is 10.0 Å². The van der Waals surface area contributed by atoms with Gasteiger partial charge in [-0.1, -0.05) is 0 Å². The van der Waals surface area contributed by atoms with E-state index in [1.165, 1.54) is 0 Å². The minimum Gasteiger partial charge on any atom is -0.393 e. The zero-order valence-corrected chi connectivity index (χ0v) is 11.3. The average molecular weight is 275 g/mol. The Morgan fingerprint density at radius 3 is 2.72 bits per heavy atom. The van der Waals surface area contributed by atoms with E-state index in [1.54, 1.807) is 4.31 Å². The Morgan fingerprint density at radius 1 is 1.22 bits per heavy atom. The Bertz CT molecular complexity index is 404. The van der Waals surface area contributed by atoms with Gasteiger partial charge in [-0.2, -0.15) is 0 Å². The van der Waals surface area contributed by atoms with E-state index in [2.05, 4.69) is 0 Å². The molecule has 2 saturated heterocycles. The van der Waals surface area contributed by atoms with Crippen LogP contribution >= 0.6 is 0 Å². The molecular formula is C12H21NO4S. The first-order valence-corrected chi connectivity index (χ1v) is 8.44. The van der Waals surface area contributed by atoms with Gasteiger partial charge in [0.25, 0.3) is 0 Å². The number of rotatable bonds is 3. The van der Waals surface area contributed by atoms with Crippen molar-refractivity contribution in [2.75, 3.05) is 25.4 Å². The van der Waals surface area contributed by atoms with Gasteiger partial charge in [0.15, 0.2) is 0 Å². The van der Waals surface area contributed by atoms with Crippen LogP contribution in [0.25, 0.3) is 0 Å². The average Bonchev–Trinajstić information content (AvgIpc) is 2.97. The third-order valence-electron chi connectivity index (χ3n) is 4.60. The molecule has 1 saturated carbocycles. The van der Waals surface area contributed by atoms with Crippen molar-refractivity contribution >= 4 is 10.0 Å². The van der Waals surface area contributed by atoms with Crippen LogP contribution in [0.2, 0.25) is 0 Å². The number of hydrogen-bond donors (Lipinski definition) is 1. The van der Waals surface area contributed by atoms with Crippen molar-refractivity contribution in [3.8, 4) is 0 Å². The molecule has 0 spiro atoms. The van der Waals surface area contributed by atoms with Crippen LogP contribution in [0.15, 0.2) is 0 Å². The summed E-state index contributed by atoms with van der Waals surface area (Å²) >= 11 is 0. The van der Waals surface area contributed by atoms with E-state index in [1.807, 2.05) is 0 Å². The molecule has 3 rings (SSSR count). The molecule has 0 bridgehead atoms. The number of aliphatic hydroxyl groups is 1. The third-order valence-corrected chi connectivity index (χ3v) is 6.48. The summed E-state index contributed by atoms with van der Waals surface area (Å²) in [5.41, 5.74) is 0. The molecule has 0 aromatic carbocycles. The number of nitrogens with zero attached hydrogens (tertiary/aromatic N) is 1. The lowest BCUT2D eigenvalue weighted by atomic mass is 10.00. The second-order valence-corrected chi connectivity index (χ2v) is 7.81. The van der Waals surface area contributed by atoms with Gasteiger partial charge in [-0.15, -0.1) is 0 Å². The minimum atomic E-state index is -3.21. The van der Waals surface area contributed by atoms with E-state index in [4.69, 9.17) is 4.74 Å². The molecule has 0 aromatic heterocycles. The van der Waals surface area contributed by atoms with Crippen molar-refractivity contribution in [1.29, 1.82) is 0 Å². The van der Waals surface area contributed by atoms with Gasteiger partial charge in [0.2, 0.25) is 10.0 Å². The molecule has 104 valence electrons. The number of ether oxygens (including phenoxy) is 1. The summed E-state index contributed by atoms with van der Waals surface area (Å²) in [5, 5.41) is 9.82. The molecule has 1 N–H and O–H groups in total. The molecule has 0 aromatic rings. The molecule has 1 aliphatic carbocycles. The molecule has 18 heavy (non-hydrogen) atoms. The standard InChI is InChI=1S/C12H21NO4S/c14-12-4-3-9-6-13(7-11(9)12)18(15,16)8-10-2-1-5-17-10/h9-12,14H,1-8H2. The van der Waals surface area contributed by atoms with Crippen molar-refractivity contribution in [3.63, 3.8) is 0 Å². The van der Waals surface area contributed by atoms with E-state index in [-0.39, 0.29) is 23.9 Å². The van der Waals surface area contributed by atoms with Gasteiger partial charge in [0.1, 0.15) is 0 Å². The second kappa shape index (κ2) is 4.74. The van der Waals surface area contributed by atoms with Gasteiger partial charge in [0, 0.05) is 25.6 Å². The molecule has 3 fully saturated rings. The van der Waals surface area contributed by atoms with Crippen LogP contribution in [-0.4, -0.2) is 55.5 Å². The number of fused-ring (bicyclic) bond motifs is 1. The smallest absolute Gasteiger partial charge is 0.216 e. The van der Waals surface area contributed by atoms with Gasteiger partial charge in [-0.3, -0.25) is 0 Å². The fourth-order valence-electron chi connectivity index (χ4n) is 3.54. The van der Waals surface area contributed by atoms with Crippen molar-refractivity contribution in [3.05, 3.63) is 0 Å².